The van der Waals surface area contributed by atoms with E-state index in [0.29, 0.717) is 58.5 Å². The van der Waals surface area contributed by atoms with Crippen molar-refractivity contribution in [2.24, 2.45) is 0 Å². The van der Waals surface area contributed by atoms with E-state index in [1.807, 2.05) is 60.7 Å². The number of nitrogens with zero attached hydrogens (tertiary/aromatic N) is 2. The molecule has 0 aliphatic carbocycles. The van der Waals surface area contributed by atoms with Crippen molar-refractivity contribution in [1.82, 2.24) is 15.1 Å². The maximum atomic E-state index is 13.4. The van der Waals surface area contributed by atoms with Crippen LogP contribution in [0.15, 0.2) is 60.7 Å². The Morgan fingerprint density at radius 3 is 2.17 bits per heavy atom. The number of carbonyl (C=O) groups excluding carboxylic acids is 3. The Morgan fingerprint density at radius 2 is 1.46 bits per heavy atom. The fourth-order valence-electron chi connectivity index (χ4n) is 4.98. The molecule has 2 heterocycles. The molecule has 2 aromatic rings. The second kappa shape index (κ2) is 12.5. The molecular weight excluding hydrogens is 442 g/mol. The Kier molecular flexibility index (Phi) is 8.90. The number of ketones is 1. The lowest BCUT2D eigenvalue weighted by Gasteiger charge is -2.31. The molecule has 0 radical (unpaired) electrons. The Bertz CT molecular complexity index is 982. The number of hydrogen-bond donors (Lipinski definition) is 1. The summed E-state index contributed by atoms with van der Waals surface area (Å²) in [6, 6.07) is 18.6. The summed E-state index contributed by atoms with van der Waals surface area (Å²) in [4.78, 5) is 42.5. The normalized spacial score (nSPS) is 19.7. The number of benzene rings is 2. The first-order valence-corrected chi connectivity index (χ1v) is 12.7. The van der Waals surface area contributed by atoms with Gasteiger partial charge in [-0.05, 0) is 43.2 Å². The third kappa shape index (κ3) is 6.69. The summed E-state index contributed by atoms with van der Waals surface area (Å²) in [5.74, 6) is 0.00535. The standard InChI is InChI=1S/C28H35N3O4/c32-26(16-9-19-35-21-23-12-5-2-6-13-23)24-14-7-17-30(24)27(33)25-15-8-18-31(25)28(34)29-20-22-10-3-1-4-11-22/h1-6,10-13,24-25H,7-9,14-21H2,(H,29,34)/t24-,25-/m0/s1. The summed E-state index contributed by atoms with van der Waals surface area (Å²) in [5.41, 5.74) is 2.13. The molecule has 186 valence electrons. The van der Waals surface area contributed by atoms with Gasteiger partial charge in [-0.25, -0.2) is 4.79 Å². The van der Waals surface area contributed by atoms with Gasteiger partial charge in [-0.3, -0.25) is 9.59 Å². The lowest BCUT2D eigenvalue weighted by molar-refractivity contribution is -0.140. The third-order valence-electron chi connectivity index (χ3n) is 6.82. The molecule has 3 amide bonds. The van der Waals surface area contributed by atoms with Gasteiger partial charge in [-0.1, -0.05) is 60.7 Å². The average molecular weight is 478 g/mol. The molecule has 2 saturated heterocycles. The molecule has 2 atom stereocenters. The van der Waals surface area contributed by atoms with Gasteiger partial charge in [-0.2, -0.15) is 0 Å². The summed E-state index contributed by atoms with van der Waals surface area (Å²) >= 11 is 0. The van der Waals surface area contributed by atoms with E-state index in [2.05, 4.69) is 5.32 Å². The minimum absolute atomic E-state index is 0.0893. The molecular formula is C28H35N3O4. The van der Waals surface area contributed by atoms with E-state index in [1.165, 1.54) is 0 Å². The minimum Gasteiger partial charge on any atom is -0.377 e. The molecule has 2 fully saturated rings. The van der Waals surface area contributed by atoms with Crippen molar-refractivity contribution in [2.75, 3.05) is 19.7 Å². The molecule has 2 aliphatic rings. The van der Waals surface area contributed by atoms with Gasteiger partial charge in [-0.15, -0.1) is 0 Å². The molecule has 7 heteroatoms. The molecule has 2 aromatic carbocycles. The summed E-state index contributed by atoms with van der Waals surface area (Å²) < 4.78 is 5.70. The maximum Gasteiger partial charge on any atom is 0.318 e. The van der Waals surface area contributed by atoms with Crippen LogP contribution in [0.4, 0.5) is 4.79 Å². The summed E-state index contributed by atoms with van der Waals surface area (Å²) in [7, 11) is 0. The Morgan fingerprint density at radius 1 is 0.829 bits per heavy atom. The number of urea groups is 1. The van der Waals surface area contributed by atoms with Crippen LogP contribution in [0.5, 0.6) is 0 Å². The van der Waals surface area contributed by atoms with Crippen LogP contribution in [-0.4, -0.2) is 59.3 Å². The molecule has 0 saturated carbocycles. The van der Waals surface area contributed by atoms with Crippen molar-refractivity contribution in [3.63, 3.8) is 0 Å². The van der Waals surface area contributed by atoms with Gasteiger partial charge in [0.05, 0.1) is 12.6 Å². The quantitative estimate of drug-likeness (QED) is 0.526. The van der Waals surface area contributed by atoms with E-state index < -0.39 is 6.04 Å². The number of nitrogens with one attached hydrogen (secondary N) is 1. The largest absolute Gasteiger partial charge is 0.377 e. The Hall–Kier alpha value is -3.19. The molecule has 1 N–H and O–H groups in total. The second-order valence-electron chi connectivity index (χ2n) is 9.29. The van der Waals surface area contributed by atoms with Crippen LogP contribution >= 0.6 is 0 Å². The molecule has 0 unspecified atom stereocenters. The van der Waals surface area contributed by atoms with E-state index in [0.717, 1.165) is 24.0 Å². The zero-order chi connectivity index (χ0) is 24.5. The molecule has 0 bridgehead atoms. The first-order chi connectivity index (χ1) is 17.1. The van der Waals surface area contributed by atoms with Crippen molar-refractivity contribution in [3.05, 3.63) is 71.8 Å². The zero-order valence-electron chi connectivity index (χ0n) is 20.2. The number of carbonyl (C=O) groups is 3. The minimum atomic E-state index is -0.492. The van der Waals surface area contributed by atoms with Crippen LogP contribution in [0.2, 0.25) is 0 Å². The number of ether oxygens (including phenoxy) is 1. The second-order valence-corrected chi connectivity index (χ2v) is 9.29. The van der Waals surface area contributed by atoms with E-state index in [1.54, 1.807) is 9.80 Å². The Balaban J connectivity index is 1.24. The summed E-state index contributed by atoms with van der Waals surface area (Å²) in [6.45, 7) is 2.61. The lowest BCUT2D eigenvalue weighted by atomic mass is 10.0. The summed E-state index contributed by atoms with van der Waals surface area (Å²) in [5, 5.41) is 2.94. The highest BCUT2D eigenvalue weighted by molar-refractivity contribution is 5.93. The van der Waals surface area contributed by atoms with Crippen molar-refractivity contribution in [3.8, 4) is 0 Å². The molecule has 2 aliphatic heterocycles. The van der Waals surface area contributed by atoms with Gasteiger partial charge in [0, 0.05) is 32.7 Å². The number of likely N-dealkylation sites (tertiary alicyclic amines) is 2. The number of hydrogen-bond acceptors (Lipinski definition) is 4. The highest BCUT2D eigenvalue weighted by Crippen LogP contribution is 2.26. The zero-order valence-corrected chi connectivity index (χ0v) is 20.2. The highest BCUT2D eigenvalue weighted by atomic mass is 16.5. The van der Waals surface area contributed by atoms with Gasteiger partial charge >= 0.3 is 6.03 Å². The monoisotopic (exact) mass is 477 g/mol. The van der Waals surface area contributed by atoms with Crippen LogP contribution in [0.25, 0.3) is 0 Å². The van der Waals surface area contributed by atoms with Gasteiger partial charge in [0.1, 0.15) is 6.04 Å². The van der Waals surface area contributed by atoms with Crippen molar-refractivity contribution in [1.29, 1.82) is 0 Å². The summed E-state index contributed by atoms with van der Waals surface area (Å²) in [6.07, 6.45) is 3.99. The maximum absolute atomic E-state index is 13.4. The average Bonchev–Trinajstić information content (AvgIpc) is 3.58. The van der Waals surface area contributed by atoms with E-state index in [9.17, 15) is 14.4 Å². The van der Waals surface area contributed by atoms with Gasteiger partial charge in [0.2, 0.25) is 5.91 Å². The number of Topliss-reactive ketones (excluding diaryl/α,β-unsaturated/α-hetero) is 1. The lowest BCUT2D eigenvalue weighted by Crippen LogP contribution is -2.52. The molecule has 0 spiro atoms. The molecule has 7 nitrogen and oxygen atoms in total. The predicted octanol–water partition coefficient (Wildman–Crippen LogP) is 3.92. The third-order valence-corrected chi connectivity index (χ3v) is 6.82. The van der Waals surface area contributed by atoms with Crippen molar-refractivity contribution >= 4 is 17.7 Å². The molecule has 4 rings (SSSR count). The SMILES string of the molecule is O=C(CCCOCc1ccccc1)[C@@H]1CCCN1C(=O)[C@@H]1CCCN1C(=O)NCc1ccccc1. The van der Waals surface area contributed by atoms with Crippen LogP contribution in [0, 0.1) is 0 Å². The van der Waals surface area contributed by atoms with Gasteiger partial charge in [0.25, 0.3) is 0 Å². The van der Waals surface area contributed by atoms with Crippen molar-refractivity contribution < 1.29 is 19.1 Å². The molecule has 35 heavy (non-hydrogen) atoms. The fraction of sp³-hybridized carbons (Fsp3) is 0.464. The van der Waals surface area contributed by atoms with E-state index in [4.69, 9.17) is 4.74 Å². The molecule has 0 aromatic heterocycles. The predicted molar refractivity (Wildman–Crippen MR) is 133 cm³/mol. The van der Waals surface area contributed by atoms with Crippen LogP contribution < -0.4 is 5.32 Å². The fourth-order valence-corrected chi connectivity index (χ4v) is 4.98. The topological polar surface area (TPSA) is 79.0 Å². The highest BCUT2D eigenvalue weighted by Gasteiger charge is 2.41. The van der Waals surface area contributed by atoms with Crippen molar-refractivity contribution in [2.45, 2.75) is 63.8 Å². The first-order valence-electron chi connectivity index (χ1n) is 12.7. The van der Waals surface area contributed by atoms with E-state index >= 15 is 0 Å². The van der Waals surface area contributed by atoms with Gasteiger partial charge in [0.15, 0.2) is 5.78 Å². The smallest absolute Gasteiger partial charge is 0.318 e. The van der Waals surface area contributed by atoms with Crippen LogP contribution in [0.3, 0.4) is 0 Å². The Labute approximate surface area is 207 Å². The van der Waals surface area contributed by atoms with Crippen LogP contribution in [0.1, 0.15) is 49.7 Å². The first kappa shape index (κ1) is 24.9. The number of rotatable bonds is 10. The number of amides is 3. The van der Waals surface area contributed by atoms with Crippen LogP contribution in [-0.2, 0) is 27.5 Å². The van der Waals surface area contributed by atoms with E-state index in [-0.39, 0.29) is 23.8 Å². The van der Waals surface area contributed by atoms with Gasteiger partial charge < -0.3 is 19.9 Å².